The molecular weight excluding hydrogens is 229 g/mol. The molecule has 0 aliphatic carbocycles. The van der Waals surface area contributed by atoms with E-state index in [1.165, 1.54) is 17.3 Å². The predicted octanol–water partition coefficient (Wildman–Crippen LogP) is 1.18. The van der Waals surface area contributed by atoms with Crippen molar-refractivity contribution < 1.29 is 4.74 Å². The number of alkyl halides is 1. The Kier molecular flexibility index (Phi) is 9.27. The molecule has 0 aromatic heterocycles. The van der Waals surface area contributed by atoms with Gasteiger partial charge in [-0.2, -0.15) is 0 Å². The maximum atomic E-state index is 5.22. The average molecular weight is 243 g/mol. The fraction of sp³-hybridized carbons (Fsp3) is 1.00. The van der Waals surface area contributed by atoms with Gasteiger partial charge in [-0.05, 0) is 17.3 Å². The molecule has 0 atom stereocenters. The summed E-state index contributed by atoms with van der Waals surface area (Å²) in [6, 6.07) is 0. The fourth-order valence-electron chi connectivity index (χ4n) is 0.484. The van der Waals surface area contributed by atoms with Crippen molar-refractivity contribution in [2.24, 2.45) is 5.73 Å². The highest BCUT2D eigenvalue weighted by Gasteiger charge is 1.85. The number of nitrogens with two attached hydrogens (primary N) is 1. The molecule has 0 amide bonds. The molecule has 0 saturated heterocycles. The first-order valence-electron chi connectivity index (χ1n) is 3.25. The van der Waals surface area contributed by atoms with E-state index in [9.17, 15) is 0 Å². The van der Waals surface area contributed by atoms with E-state index in [0.717, 1.165) is 6.61 Å². The van der Waals surface area contributed by atoms with Gasteiger partial charge in [0.05, 0.1) is 6.61 Å². The normalized spacial score (nSPS) is 10.0. The molecule has 3 heteroatoms. The number of rotatable bonds is 6. The number of halogens is 1. The standard InChI is InChI=1S/C6H14INO/c7-3-1-2-5-9-6-4-8/h1-6,8H2. The summed E-state index contributed by atoms with van der Waals surface area (Å²) in [6.07, 6.45) is 2.42. The molecule has 0 aromatic carbocycles. The van der Waals surface area contributed by atoms with Crippen molar-refractivity contribution in [2.75, 3.05) is 24.2 Å². The van der Waals surface area contributed by atoms with Gasteiger partial charge in [0.1, 0.15) is 0 Å². The average Bonchev–Trinajstić information content (AvgIpc) is 1.89. The summed E-state index contributed by atoms with van der Waals surface area (Å²) < 4.78 is 6.38. The van der Waals surface area contributed by atoms with Gasteiger partial charge in [-0.3, -0.25) is 0 Å². The van der Waals surface area contributed by atoms with Crippen LogP contribution in [-0.2, 0) is 4.74 Å². The lowest BCUT2D eigenvalue weighted by Crippen LogP contribution is -2.08. The minimum absolute atomic E-state index is 0.643. The largest absolute Gasteiger partial charge is 0.380 e. The Morgan fingerprint density at radius 2 is 2.00 bits per heavy atom. The van der Waals surface area contributed by atoms with Gasteiger partial charge in [0.25, 0.3) is 0 Å². The van der Waals surface area contributed by atoms with Crippen molar-refractivity contribution in [2.45, 2.75) is 12.8 Å². The van der Waals surface area contributed by atoms with Crippen molar-refractivity contribution in [3.63, 3.8) is 0 Å². The molecule has 0 rings (SSSR count). The van der Waals surface area contributed by atoms with Crippen LogP contribution in [0.2, 0.25) is 0 Å². The van der Waals surface area contributed by atoms with E-state index < -0.39 is 0 Å². The van der Waals surface area contributed by atoms with Gasteiger partial charge in [-0.1, -0.05) is 22.6 Å². The molecule has 0 saturated carbocycles. The molecule has 0 aromatic rings. The second kappa shape index (κ2) is 8.65. The lowest BCUT2D eigenvalue weighted by molar-refractivity contribution is 0.139. The molecule has 0 fully saturated rings. The van der Waals surface area contributed by atoms with E-state index >= 15 is 0 Å². The van der Waals surface area contributed by atoms with Gasteiger partial charge < -0.3 is 10.5 Å². The first-order valence-corrected chi connectivity index (χ1v) is 4.78. The van der Waals surface area contributed by atoms with Crippen LogP contribution in [0.3, 0.4) is 0 Å². The Labute approximate surface area is 70.3 Å². The molecule has 0 aliphatic heterocycles. The number of ether oxygens (including phenoxy) is 1. The van der Waals surface area contributed by atoms with Gasteiger partial charge in [0.2, 0.25) is 0 Å². The Hall–Kier alpha value is 0.650. The van der Waals surface area contributed by atoms with Crippen LogP contribution in [0.4, 0.5) is 0 Å². The molecule has 0 bridgehead atoms. The van der Waals surface area contributed by atoms with Gasteiger partial charge in [0, 0.05) is 13.2 Å². The Morgan fingerprint density at radius 1 is 1.22 bits per heavy atom. The monoisotopic (exact) mass is 243 g/mol. The van der Waals surface area contributed by atoms with Gasteiger partial charge in [-0.25, -0.2) is 0 Å². The molecule has 2 N–H and O–H groups in total. The highest BCUT2D eigenvalue weighted by Crippen LogP contribution is 1.93. The third-order valence-corrected chi connectivity index (χ3v) is 1.70. The van der Waals surface area contributed by atoms with E-state index in [2.05, 4.69) is 22.6 Å². The van der Waals surface area contributed by atoms with Crippen molar-refractivity contribution in [1.82, 2.24) is 0 Å². The van der Waals surface area contributed by atoms with Crippen LogP contribution in [-0.4, -0.2) is 24.2 Å². The number of unbranched alkanes of at least 4 members (excludes halogenated alkanes) is 1. The van der Waals surface area contributed by atoms with E-state index in [-0.39, 0.29) is 0 Å². The summed E-state index contributed by atoms with van der Waals surface area (Å²) in [4.78, 5) is 0. The molecule has 0 aliphatic rings. The summed E-state index contributed by atoms with van der Waals surface area (Å²) in [5.41, 5.74) is 5.22. The SMILES string of the molecule is NCCOCCCCI. The lowest BCUT2D eigenvalue weighted by atomic mass is 10.4. The van der Waals surface area contributed by atoms with Crippen LogP contribution in [0, 0.1) is 0 Å². The van der Waals surface area contributed by atoms with Crippen LogP contribution in [0.25, 0.3) is 0 Å². The zero-order valence-electron chi connectivity index (χ0n) is 5.61. The molecule has 0 spiro atoms. The quantitative estimate of drug-likeness (QED) is 0.432. The molecule has 0 unspecified atom stereocenters. The number of hydrogen-bond donors (Lipinski definition) is 1. The van der Waals surface area contributed by atoms with Crippen molar-refractivity contribution in [1.29, 1.82) is 0 Å². The molecule has 0 radical (unpaired) electrons. The number of hydrogen-bond acceptors (Lipinski definition) is 2. The predicted molar refractivity (Wildman–Crippen MR) is 48.0 cm³/mol. The van der Waals surface area contributed by atoms with E-state index in [4.69, 9.17) is 10.5 Å². The lowest BCUT2D eigenvalue weighted by Gasteiger charge is -1.98. The molecular formula is C6H14INO. The third-order valence-electron chi connectivity index (χ3n) is 0.934. The zero-order valence-corrected chi connectivity index (χ0v) is 7.76. The topological polar surface area (TPSA) is 35.2 Å². The van der Waals surface area contributed by atoms with Crippen molar-refractivity contribution in [3.05, 3.63) is 0 Å². The highest BCUT2D eigenvalue weighted by molar-refractivity contribution is 14.1. The Bertz CT molecular complexity index is 46.3. The van der Waals surface area contributed by atoms with Crippen LogP contribution in [0.5, 0.6) is 0 Å². The maximum absolute atomic E-state index is 5.22. The van der Waals surface area contributed by atoms with Gasteiger partial charge in [0.15, 0.2) is 0 Å². The van der Waals surface area contributed by atoms with Crippen LogP contribution >= 0.6 is 22.6 Å². The van der Waals surface area contributed by atoms with E-state index in [0.29, 0.717) is 13.2 Å². The second-order valence-electron chi connectivity index (χ2n) is 1.80. The summed E-state index contributed by atoms with van der Waals surface area (Å²) in [5, 5.41) is 0. The van der Waals surface area contributed by atoms with Gasteiger partial charge in [-0.15, -0.1) is 0 Å². The maximum Gasteiger partial charge on any atom is 0.0588 e. The third kappa shape index (κ3) is 8.65. The minimum Gasteiger partial charge on any atom is -0.380 e. The first-order chi connectivity index (χ1) is 4.41. The molecule has 0 heterocycles. The van der Waals surface area contributed by atoms with Crippen LogP contribution in [0.15, 0.2) is 0 Å². The highest BCUT2D eigenvalue weighted by atomic mass is 127. The Morgan fingerprint density at radius 3 is 2.56 bits per heavy atom. The summed E-state index contributed by atoms with van der Waals surface area (Å²) >= 11 is 2.37. The molecule has 9 heavy (non-hydrogen) atoms. The summed E-state index contributed by atoms with van der Waals surface area (Å²) in [6.45, 7) is 2.23. The summed E-state index contributed by atoms with van der Waals surface area (Å²) in [7, 11) is 0. The zero-order chi connectivity index (χ0) is 6.95. The van der Waals surface area contributed by atoms with E-state index in [1.807, 2.05) is 0 Å². The van der Waals surface area contributed by atoms with Crippen molar-refractivity contribution >= 4 is 22.6 Å². The van der Waals surface area contributed by atoms with Gasteiger partial charge >= 0.3 is 0 Å². The second-order valence-corrected chi connectivity index (χ2v) is 2.88. The molecule has 2 nitrogen and oxygen atoms in total. The van der Waals surface area contributed by atoms with Crippen LogP contribution in [0.1, 0.15) is 12.8 Å². The first kappa shape index (κ1) is 9.65. The fourth-order valence-corrected chi connectivity index (χ4v) is 1.02. The van der Waals surface area contributed by atoms with Crippen molar-refractivity contribution in [3.8, 4) is 0 Å². The minimum atomic E-state index is 0.643. The van der Waals surface area contributed by atoms with E-state index in [1.54, 1.807) is 0 Å². The summed E-state index contributed by atoms with van der Waals surface area (Å²) in [5.74, 6) is 0. The molecule has 56 valence electrons. The van der Waals surface area contributed by atoms with Crippen LogP contribution < -0.4 is 5.73 Å². The Balaban J connectivity index is 2.60. The smallest absolute Gasteiger partial charge is 0.0588 e.